The molecule has 1 aromatic carbocycles. The van der Waals surface area contributed by atoms with E-state index in [0.29, 0.717) is 30.3 Å². The fraction of sp³-hybridized carbons (Fsp3) is 0.450. The summed E-state index contributed by atoms with van der Waals surface area (Å²) in [5.41, 5.74) is 3.02. The van der Waals surface area contributed by atoms with E-state index in [-0.39, 0.29) is 11.9 Å². The highest BCUT2D eigenvalue weighted by atomic mass is 16.6. The van der Waals surface area contributed by atoms with Crippen LogP contribution in [-0.2, 0) is 12.8 Å². The zero-order chi connectivity index (χ0) is 18.4. The van der Waals surface area contributed by atoms with Gasteiger partial charge in [-0.25, -0.2) is 0 Å². The number of carbonyl (C=O) groups is 1. The molecule has 1 aliphatic carbocycles. The number of carbonyl (C=O) groups excluding carboxylic acids is 1. The van der Waals surface area contributed by atoms with Gasteiger partial charge < -0.3 is 19.3 Å². The molecule has 0 N–H and O–H groups in total. The maximum atomic E-state index is 13.0. The number of hydrogen-bond donors (Lipinski definition) is 0. The summed E-state index contributed by atoms with van der Waals surface area (Å²) in [7, 11) is 1.85. The Hall–Kier alpha value is -2.83. The molecule has 0 atom stereocenters. The summed E-state index contributed by atoms with van der Waals surface area (Å²) in [6, 6.07) is 7.78. The van der Waals surface area contributed by atoms with Crippen LogP contribution in [0.1, 0.15) is 28.0 Å². The molecule has 0 spiro atoms. The van der Waals surface area contributed by atoms with Gasteiger partial charge in [-0.2, -0.15) is 5.10 Å². The van der Waals surface area contributed by atoms with Crippen LogP contribution >= 0.6 is 0 Å². The van der Waals surface area contributed by atoms with Crippen molar-refractivity contribution < 1.29 is 14.3 Å². The molecule has 1 amide bonds. The van der Waals surface area contributed by atoms with E-state index < -0.39 is 0 Å². The van der Waals surface area contributed by atoms with E-state index in [1.165, 1.54) is 12.0 Å². The van der Waals surface area contributed by atoms with E-state index in [0.717, 1.165) is 37.4 Å². The summed E-state index contributed by atoms with van der Waals surface area (Å²) >= 11 is 0. The SMILES string of the molecule is CN(C(=O)c1cccc2c1OCCO2)C1CN(c2cc3c(nn2)CCC3)C1. The number of para-hydroxylation sites is 1. The van der Waals surface area contributed by atoms with Crippen molar-refractivity contribution in [2.24, 2.45) is 0 Å². The van der Waals surface area contributed by atoms with Gasteiger partial charge in [0.1, 0.15) is 13.2 Å². The van der Waals surface area contributed by atoms with Gasteiger partial charge in [0.25, 0.3) is 5.91 Å². The number of rotatable bonds is 3. The first kappa shape index (κ1) is 16.4. The first-order chi connectivity index (χ1) is 13.2. The molecule has 1 saturated heterocycles. The summed E-state index contributed by atoms with van der Waals surface area (Å²) in [6.07, 6.45) is 3.30. The van der Waals surface area contributed by atoms with Crippen LogP contribution < -0.4 is 14.4 Å². The van der Waals surface area contributed by atoms with Crippen molar-refractivity contribution in [2.45, 2.75) is 25.3 Å². The number of benzene rings is 1. The molecule has 3 aliphatic rings. The lowest BCUT2D eigenvalue weighted by atomic mass is 10.0. The molecule has 7 heteroatoms. The quantitative estimate of drug-likeness (QED) is 0.824. The number of ether oxygens (including phenoxy) is 2. The minimum absolute atomic E-state index is 0.0398. The molecular formula is C20H22N4O3. The maximum absolute atomic E-state index is 13.0. The van der Waals surface area contributed by atoms with Gasteiger partial charge in [0, 0.05) is 20.1 Å². The normalized spacial score (nSPS) is 18.0. The Balaban J connectivity index is 1.28. The van der Waals surface area contributed by atoms with Crippen molar-refractivity contribution >= 4 is 11.7 Å². The first-order valence-corrected chi connectivity index (χ1v) is 9.47. The number of nitrogens with zero attached hydrogens (tertiary/aromatic N) is 4. The Morgan fingerprint density at radius 1 is 1.19 bits per heavy atom. The van der Waals surface area contributed by atoms with Crippen molar-refractivity contribution in [1.82, 2.24) is 15.1 Å². The molecule has 7 nitrogen and oxygen atoms in total. The fourth-order valence-corrected chi connectivity index (χ4v) is 3.96. The second-order valence-corrected chi connectivity index (χ2v) is 7.33. The molecule has 1 fully saturated rings. The van der Waals surface area contributed by atoms with Crippen LogP contribution in [0, 0.1) is 0 Å². The highest BCUT2D eigenvalue weighted by Crippen LogP contribution is 2.35. The standard InChI is InChI=1S/C20H22N4O3/c1-23(20(25)15-5-3-7-17-19(15)27-9-8-26-17)14-11-24(12-14)18-10-13-4-2-6-16(13)21-22-18/h3,5,7,10,14H,2,4,6,8-9,11-12H2,1H3. The highest BCUT2D eigenvalue weighted by molar-refractivity contribution is 5.98. The maximum Gasteiger partial charge on any atom is 0.257 e. The first-order valence-electron chi connectivity index (χ1n) is 9.47. The van der Waals surface area contributed by atoms with E-state index in [4.69, 9.17) is 9.47 Å². The third kappa shape index (κ3) is 2.78. The second-order valence-electron chi connectivity index (χ2n) is 7.33. The van der Waals surface area contributed by atoms with Crippen molar-refractivity contribution in [3.05, 3.63) is 41.1 Å². The molecule has 2 aliphatic heterocycles. The van der Waals surface area contributed by atoms with Gasteiger partial charge in [-0.15, -0.1) is 5.10 Å². The lowest BCUT2D eigenvalue weighted by Gasteiger charge is -2.44. The van der Waals surface area contributed by atoms with E-state index in [1.54, 1.807) is 11.0 Å². The summed E-state index contributed by atoms with van der Waals surface area (Å²) in [5, 5.41) is 8.72. The molecule has 5 rings (SSSR count). The topological polar surface area (TPSA) is 67.8 Å². The Labute approximate surface area is 157 Å². The number of aromatic nitrogens is 2. The third-order valence-electron chi connectivity index (χ3n) is 5.66. The van der Waals surface area contributed by atoms with E-state index in [2.05, 4.69) is 21.2 Å². The Morgan fingerprint density at radius 2 is 2.04 bits per heavy atom. The van der Waals surface area contributed by atoms with Crippen LogP contribution in [-0.4, -0.2) is 60.4 Å². The fourth-order valence-electron chi connectivity index (χ4n) is 3.96. The molecule has 0 radical (unpaired) electrons. The Morgan fingerprint density at radius 3 is 2.93 bits per heavy atom. The zero-order valence-electron chi connectivity index (χ0n) is 15.4. The van der Waals surface area contributed by atoms with Gasteiger partial charge in [-0.05, 0) is 43.0 Å². The number of fused-ring (bicyclic) bond motifs is 2. The number of hydrogen-bond acceptors (Lipinski definition) is 6. The lowest BCUT2D eigenvalue weighted by Crippen LogP contribution is -2.60. The molecule has 27 heavy (non-hydrogen) atoms. The second kappa shape index (κ2) is 6.40. The minimum Gasteiger partial charge on any atom is -0.486 e. The van der Waals surface area contributed by atoms with Crippen molar-refractivity contribution in [3.63, 3.8) is 0 Å². The molecule has 0 saturated carbocycles. The Bertz CT molecular complexity index is 895. The summed E-state index contributed by atoms with van der Waals surface area (Å²) in [5.74, 6) is 2.08. The van der Waals surface area contributed by atoms with Crippen LogP contribution in [0.4, 0.5) is 5.82 Å². The molecular weight excluding hydrogens is 344 g/mol. The molecule has 0 bridgehead atoms. The number of likely N-dealkylation sites (N-methyl/N-ethyl adjacent to an activating group) is 1. The number of amides is 1. The summed E-state index contributed by atoms with van der Waals surface area (Å²) < 4.78 is 11.3. The van der Waals surface area contributed by atoms with Gasteiger partial charge >= 0.3 is 0 Å². The van der Waals surface area contributed by atoms with E-state index in [9.17, 15) is 4.79 Å². The Kier molecular flexibility index (Phi) is 3.88. The predicted octanol–water partition coefficient (Wildman–Crippen LogP) is 1.70. The van der Waals surface area contributed by atoms with Crippen molar-refractivity contribution in [2.75, 3.05) is 38.3 Å². The summed E-state index contributed by atoms with van der Waals surface area (Å²) in [4.78, 5) is 17.0. The van der Waals surface area contributed by atoms with Gasteiger partial charge in [0.15, 0.2) is 17.3 Å². The van der Waals surface area contributed by atoms with Gasteiger partial charge in [0.05, 0.1) is 17.3 Å². The predicted molar refractivity (Wildman–Crippen MR) is 99.6 cm³/mol. The molecule has 2 aromatic rings. The average Bonchev–Trinajstić information content (AvgIpc) is 3.13. The molecule has 1 aromatic heterocycles. The van der Waals surface area contributed by atoms with Crippen LogP contribution in [0.5, 0.6) is 11.5 Å². The molecule has 3 heterocycles. The molecule has 140 valence electrons. The number of anilines is 1. The van der Waals surface area contributed by atoms with Crippen molar-refractivity contribution in [3.8, 4) is 11.5 Å². The summed E-state index contributed by atoms with van der Waals surface area (Å²) in [6.45, 7) is 2.51. The number of aryl methyl sites for hydroxylation is 2. The zero-order valence-corrected chi connectivity index (χ0v) is 15.4. The van der Waals surface area contributed by atoms with E-state index >= 15 is 0 Å². The largest absolute Gasteiger partial charge is 0.486 e. The van der Waals surface area contributed by atoms with Crippen LogP contribution in [0.2, 0.25) is 0 Å². The van der Waals surface area contributed by atoms with Crippen LogP contribution in [0.25, 0.3) is 0 Å². The van der Waals surface area contributed by atoms with Crippen LogP contribution in [0.15, 0.2) is 24.3 Å². The van der Waals surface area contributed by atoms with Gasteiger partial charge in [-0.1, -0.05) is 6.07 Å². The third-order valence-corrected chi connectivity index (χ3v) is 5.66. The van der Waals surface area contributed by atoms with Crippen molar-refractivity contribution in [1.29, 1.82) is 0 Å². The average molecular weight is 366 g/mol. The van der Waals surface area contributed by atoms with Gasteiger partial charge in [0.2, 0.25) is 0 Å². The monoisotopic (exact) mass is 366 g/mol. The molecule has 0 unspecified atom stereocenters. The minimum atomic E-state index is -0.0398. The van der Waals surface area contributed by atoms with E-state index in [1.807, 2.05) is 19.2 Å². The van der Waals surface area contributed by atoms with Gasteiger partial charge in [-0.3, -0.25) is 4.79 Å². The smallest absolute Gasteiger partial charge is 0.257 e. The highest BCUT2D eigenvalue weighted by Gasteiger charge is 2.35. The lowest BCUT2D eigenvalue weighted by molar-refractivity contribution is 0.0695. The van der Waals surface area contributed by atoms with Crippen LogP contribution in [0.3, 0.4) is 0 Å².